The van der Waals surface area contributed by atoms with E-state index in [4.69, 9.17) is 14.2 Å². The molecule has 1 atom stereocenters. The number of ether oxygens (including phenoxy) is 3. The Hall–Kier alpha value is -2.73. The van der Waals surface area contributed by atoms with Crippen LogP contribution in [-0.2, 0) is 0 Å². The van der Waals surface area contributed by atoms with E-state index in [1.807, 2.05) is 62.4 Å². The van der Waals surface area contributed by atoms with Gasteiger partial charge in [0.25, 0.3) is 0 Å². The van der Waals surface area contributed by atoms with Gasteiger partial charge in [-0.3, -0.25) is 0 Å². The van der Waals surface area contributed by atoms with Crippen LogP contribution in [0.5, 0.6) is 17.2 Å². The number of rotatable bonds is 12. The number of hydrogen-bond donors (Lipinski definition) is 2. The first-order valence-electron chi connectivity index (χ1n) is 10.7. The Bertz CT molecular complexity index is 869. The normalized spacial score (nSPS) is 11.5. The van der Waals surface area contributed by atoms with Crippen molar-refractivity contribution in [3.63, 3.8) is 0 Å². The smallest absolute Gasteiger partial charge is 0.165 e. The quantitative estimate of drug-likeness (QED) is 0.399. The van der Waals surface area contributed by atoms with Crippen LogP contribution in [0.3, 0.4) is 0 Å². The van der Waals surface area contributed by atoms with E-state index in [1.165, 1.54) is 0 Å². The molecule has 3 aromatic rings. The molecule has 0 heterocycles. The summed E-state index contributed by atoms with van der Waals surface area (Å²) < 4.78 is 17.1. The standard InChI is InChI=1S/C26H31NO4.ClH/c1-3-29-23-15-16-24(30-4-2)25(17-23)31-19-22(28)18-27-26(20-11-7-5-8-12-20)21-13-9-6-10-14-21;/h5-17,22,26-28H,3-4,18-19H2,1-2H3;1H. The zero-order chi connectivity index (χ0) is 21.9. The van der Waals surface area contributed by atoms with Crippen LogP contribution in [-0.4, -0.2) is 37.6 Å². The molecule has 2 N–H and O–H groups in total. The van der Waals surface area contributed by atoms with Gasteiger partial charge in [0.05, 0.1) is 19.3 Å². The van der Waals surface area contributed by atoms with Crippen molar-refractivity contribution < 1.29 is 19.3 Å². The van der Waals surface area contributed by atoms with Gasteiger partial charge in [0.2, 0.25) is 0 Å². The van der Waals surface area contributed by atoms with Gasteiger partial charge in [0, 0.05) is 12.6 Å². The fraction of sp³-hybridized carbons (Fsp3) is 0.308. The van der Waals surface area contributed by atoms with Crippen LogP contribution in [0.25, 0.3) is 0 Å². The van der Waals surface area contributed by atoms with Crippen LogP contribution in [0, 0.1) is 0 Å². The first-order valence-corrected chi connectivity index (χ1v) is 10.7. The Balaban J connectivity index is 0.00000363. The van der Waals surface area contributed by atoms with Gasteiger partial charge in [-0.1, -0.05) is 60.7 Å². The largest absolute Gasteiger partial charge is 0.494 e. The van der Waals surface area contributed by atoms with Gasteiger partial charge < -0.3 is 24.6 Å². The molecule has 3 aromatic carbocycles. The zero-order valence-electron chi connectivity index (χ0n) is 18.6. The SMILES string of the molecule is CCOc1ccc(OCC)c(OCC(O)CNC(c2ccccc2)c2ccccc2)c1.Cl. The average Bonchev–Trinajstić information content (AvgIpc) is 2.81. The molecule has 0 saturated heterocycles. The summed E-state index contributed by atoms with van der Waals surface area (Å²) in [4.78, 5) is 0. The molecular formula is C26H32ClNO4. The molecule has 1 unspecified atom stereocenters. The molecule has 0 bridgehead atoms. The van der Waals surface area contributed by atoms with Crippen molar-refractivity contribution in [2.75, 3.05) is 26.4 Å². The summed E-state index contributed by atoms with van der Waals surface area (Å²) in [6.07, 6.45) is -0.694. The summed E-state index contributed by atoms with van der Waals surface area (Å²) in [5, 5.41) is 14.1. The molecule has 32 heavy (non-hydrogen) atoms. The Kier molecular flexibility index (Phi) is 10.9. The topological polar surface area (TPSA) is 60.0 Å². The van der Waals surface area contributed by atoms with Crippen molar-refractivity contribution in [2.24, 2.45) is 0 Å². The maximum atomic E-state index is 10.6. The first-order chi connectivity index (χ1) is 15.2. The van der Waals surface area contributed by atoms with Crippen molar-refractivity contribution in [1.29, 1.82) is 0 Å². The van der Waals surface area contributed by atoms with Gasteiger partial charge in [-0.25, -0.2) is 0 Å². The van der Waals surface area contributed by atoms with Gasteiger partial charge in [-0.15, -0.1) is 12.4 Å². The van der Waals surface area contributed by atoms with E-state index >= 15 is 0 Å². The lowest BCUT2D eigenvalue weighted by Gasteiger charge is -2.22. The van der Waals surface area contributed by atoms with Crippen molar-refractivity contribution >= 4 is 12.4 Å². The van der Waals surface area contributed by atoms with Gasteiger partial charge in [0.1, 0.15) is 18.5 Å². The molecular weight excluding hydrogens is 426 g/mol. The van der Waals surface area contributed by atoms with Gasteiger partial charge in [0.15, 0.2) is 11.5 Å². The lowest BCUT2D eigenvalue weighted by molar-refractivity contribution is 0.102. The van der Waals surface area contributed by atoms with Crippen molar-refractivity contribution in [2.45, 2.75) is 26.0 Å². The van der Waals surface area contributed by atoms with E-state index in [9.17, 15) is 5.11 Å². The summed E-state index contributed by atoms with van der Waals surface area (Å²) in [7, 11) is 0. The molecule has 6 heteroatoms. The molecule has 0 spiro atoms. The molecule has 0 radical (unpaired) electrons. The number of nitrogens with one attached hydrogen (secondary N) is 1. The molecule has 0 aliphatic heterocycles. The number of benzene rings is 3. The monoisotopic (exact) mass is 457 g/mol. The minimum absolute atomic E-state index is 0. The van der Waals surface area contributed by atoms with Crippen molar-refractivity contribution in [3.8, 4) is 17.2 Å². The molecule has 0 saturated carbocycles. The van der Waals surface area contributed by atoms with Crippen LogP contribution in [0.2, 0.25) is 0 Å². The molecule has 3 rings (SSSR count). The maximum Gasteiger partial charge on any atom is 0.165 e. The zero-order valence-corrected chi connectivity index (χ0v) is 19.4. The van der Waals surface area contributed by atoms with Gasteiger partial charge >= 0.3 is 0 Å². The maximum absolute atomic E-state index is 10.6. The second kappa shape index (κ2) is 13.6. The molecule has 0 aromatic heterocycles. The van der Waals surface area contributed by atoms with Crippen LogP contribution >= 0.6 is 12.4 Å². The molecule has 0 aliphatic rings. The van der Waals surface area contributed by atoms with Crippen LogP contribution in [0.15, 0.2) is 78.9 Å². The highest BCUT2D eigenvalue weighted by Crippen LogP contribution is 2.32. The van der Waals surface area contributed by atoms with E-state index in [2.05, 4.69) is 29.6 Å². The third-order valence-corrected chi connectivity index (χ3v) is 4.78. The molecule has 5 nitrogen and oxygen atoms in total. The summed E-state index contributed by atoms with van der Waals surface area (Å²) in [5.41, 5.74) is 2.29. The summed E-state index contributed by atoms with van der Waals surface area (Å²) in [6, 6.07) is 25.9. The molecule has 172 valence electrons. The highest BCUT2D eigenvalue weighted by atomic mass is 35.5. The fourth-order valence-electron chi connectivity index (χ4n) is 3.35. The molecule has 0 fully saturated rings. The number of aliphatic hydroxyl groups is 1. The average molecular weight is 458 g/mol. The van der Waals surface area contributed by atoms with Crippen LogP contribution < -0.4 is 19.5 Å². The Morgan fingerprint density at radius 3 is 1.91 bits per heavy atom. The summed E-state index contributed by atoms with van der Waals surface area (Å²) >= 11 is 0. The first kappa shape index (κ1) is 25.5. The highest BCUT2D eigenvalue weighted by molar-refractivity contribution is 5.85. The predicted molar refractivity (Wildman–Crippen MR) is 130 cm³/mol. The predicted octanol–water partition coefficient (Wildman–Crippen LogP) is 5.02. The third kappa shape index (κ3) is 7.45. The highest BCUT2D eigenvalue weighted by Gasteiger charge is 2.16. The summed E-state index contributed by atoms with van der Waals surface area (Å²) in [5.74, 6) is 1.91. The molecule has 0 amide bonds. The third-order valence-electron chi connectivity index (χ3n) is 4.78. The van der Waals surface area contributed by atoms with Crippen LogP contribution in [0.1, 0.15) is 31.0 Å². The Morgan fingerprint density at radius 2 is 1.34 bits per heavy atom. The number of halogens is 1. The van der Waals surface area contributed by atoms with Gasteiger partial charge in [-0.05, 0) is 37.1 Å². The number of hydrogen-bond acceptors (Lipinski definition) is 5. The minimum atomic E-state index is -0.694. The van der Waals surface area contributed by atoms with E-state index in [-0.39, 0.29) is 25.1 Å². The van der Waals surface area contributed by atoms with Gasteiger partial charge in [-0.2, -0.15) is 0 Å². The van der Waals surface area contributed by atoms with E-state index in [1.54, 1.807) is 6.07 Å². The van der Waals surface area contributed by atoms with E-state index in [0.717, 1.165) is 11.1 Å². The van der Waals surface area contributed by atoms with Crippen molar-refractivity contribution in [3.05, 3.63) is 90.0 Å². The molecule has 0 aliphatic carbocycles. The number of aliphatic hydroxyl groups excluding tert-OH is 1. The van der Waals surface area contributed by atoms with Crippen molar-refractivity contribution in [1.82, 2.24) is 5.32 Å². The Labute approximate surface area is 196 Å². The Morgan fingerprint density at radius 1 is 0.750 bits per heavy atom. The minimum Gasteiger partial charge on any atom is -0.494 e. The van der Waals surface area contributed by atoms with Crippen LogP contribution in [0.4, 0.5) is 0 Å². The lowest BCUT2D eigenvalue weighted by Crippen LogP contribution is -2.34. The fourth-order valence-corrected chi connectivity index (χ4v) is 3.35. The summed E-state index contributed by atoms with van der Waals surface area (Å²) in [6.45, 7) is 5.47. The second-order valence-electron chi connectivity index (χ2n) is 7.10. The van der Waals surface area contributed by atoms with E-state index < -0.39 is 6.10 Å². The van der Waals surface area contributed by atoms with E-state index in [0.29, 0.717) is 37.0 Å². The second-order valence-corrected chi connectivity index (χ2v) is 7.10. The lowest BCUT2D eigenvalue weighted by atomic mass is 9.98.